The molecule has 3 nitrogen and oxygen atoms in total. The summed E-state index contributed by atoms with van der Waals surface area (Å²) >= 11 is 2.00. The van der Waals surface area contributed by atoms with E-state index in [4.69, 9.17) is 0 Å². The molecule has 94 valence electrons. The molecule has 0 aliphatic carbocycles. The molecule has 2 saturated heterocycles. The minimum Gasteiger partial charge on any atom is -0.355 e. The number of thioether (sulfide) groups is 1. The molecule has 2 aliphatic rings. The van der Waals surface area contributed by atoms with Gasteiger partial charge in [-0.05, 0) is 44.5 Å². The standard InChI is InChI=1S/C11H20N2OS.ClH/c14-11(9-3-5-12-6-4-9)13-8-10-2-1-7-15-10;/h9-10,12H,1-8H2,(H,13,14);1H. The zero-order valence-electron chi connectivity index (χ0n) is 9.54. The molecule has 0 aromatic rings. The fourth-order valence-corrected chi connectivity index (χ4v) is 3.45. The first-order valence-corrected chi connectivity index (χ1v) is 7.01. The monoisotopic (exact) mass is 264 g/mol. The number of carbonyl (C=O) groups excluding carboxylic acids is 1. The van der Waals surface area contributed by atoms with Crippen molar-refractivity contribution in [2.45, 2.75) is 30.9 Å². The summed E-state index contributed by atoms with van der Waals surface area (Å²) in [5.41, 5.74) is 0. The van der Waals surface area contributed by atoms with Gasteiger partial charge in [-0.15, -0.1) is 12.4 Å². The van der Waals surface area contributed by atoms with Gasteiger partial charge in [-0.1, -0.05) is 0 Å². The van der Waals surface area contributed by atoms with Crippen molar-refractivity contribution < 1.29 is 4.79 Å². The van der Waals surface area contributed by atoms with Crippen LogP contribution in [0.15, 0.2) is 0 Å². The molecule has 5 heteroatoms. The highest BCUT2D eigenvalue weighted by Crippen LogP contribution is 2.25. The third-order valence-electron chi connectivity index (χ3n) is 3.24. The number of hydrogen-bond donors (Lipinski definition) is 2. The Labute approximate surface area is 108 Å². The average Bonchev–Trinajstić information content (AvgIpc) is 2.80. The summed E-state index contributed by atoms with van der Waals surface area (Å²) < 4.78 is 0. The van der Waals surface area contributed by atoms with Crippen LogP contribution in [0.3, 0.4) is 0 Å². The second-order valence-corrected chi connectivity index (χ2v) is 5.81. The van der Waals surface area contributed by atoms with Gasteiger partial charge in [0.15, 0.2) is 0 Å². The summed E-state index contributed by atoms with van der Waals surface area (Å²) in [6, 6.07) is 0. The molecular formula is C11H21ClN2OS. The lowest BCUT2D eigenvalue weighted by Crippen LogP contribution is -2.40. The molecule has 2 heterocycles. The summed E-state index contributed by atoms with van der Waals surface area (Å²) in [6.07, 6.45) is 4.60. The quantitative estimate of drug-likeness (QED) is 0.810. The SMILES string of the molecule is Cl.O=C(NCC1CCCS1)C1CCNCC1. The number of halogens is 1. The van der Waals surface area contributed by atoms with Crippen LogP contribution in [0, 0.1) is 5.92 Å². The van der Waals surface area contributed by atoms with Gasteiger partial charge in [0.2, 0.25) is 5.91 Å². The van der Waals surface area contributed by atoms with Crippen LogP contribution >= 0.6 is 24.2 Å². The number of hydrogen-bond acceptors (Lipinski definition) is 3. The molecule has 2 aliphatic heterocycles. The molecule has 0 bridgehead atoms. The van der Waals surface area contributed by atoms with E-state index in [2.05, 4.69) is 10.6 Å². The minimum atomic E-state index is 0. The van der Waals surface area contributed by atoms with E-state index >= 15 is 0 Å². The lowest BCUT2D eigenvalue weighted by Gasteiger charge is -2.22. The number of piperidine rings is 1. The maximum Gasteiger partial charge on any atom is 0.223 e. The molecule has 1 atom stereocenters. The van der Waals surface area contributed by atoms with Crippen molar-refractivity contribution in [1.82, 2.24) is 10.6 Å². The zero-order valence-corrected chi connectivity index (χ0v) is 11.2. The van der Waals surface area contributed by atoms with E-state index in [1.54, 1.807) is 0 Å². The molecule has 1 unspecified atom stereocenters. The molecule has 16 heavy (non-hydrogen) atoms. The molecule has 0 radical (unpaired) electrons. The van der Waals surface area contributed by atoms with E-state index in [1.165, 1.54) is 18.6 Å². The molecule has 0 aromatic heterocycles. The molecule has 0 spiro atoms. The molecule has 0 aromatic carbocycles. The van der Waals surface area contributed by atoms with Crippen molar-refractivity contribution in [2.75, 3.05) is 25.4 Å². The van der Waals surface area contributed by atoms with E-state index < -0.39 is 0 Å². The second kappa shape index (κ2) is 7.41. The smallest absolute Gasteiger partial charge is 0.223 e. The number of amides is 1. The minimum absolute atomic E-state index is 0. The first-order chi connectivity index (χ1) is 7.36. The van der Waals surface area contributed by atoms with Crippen molar-refractivity contribution in [3.05, 3.63) is 0 Å². The predicted molar refractivity (Wildman–Crippen MR) is 71.3 cm³/mol. The van der Waals surface area contributed by atoms with Gasteiger partial charge in [0.05, 0.1) is 0 Å². The molecule has 2 N–H and O–H groups in total. The third kappa shape index (κ3) is 4.15. The van der Waals surface area contributed by atoms with Crippen molar-refractivity contribution in [1.29, 1.82) is 0 Å². The first kappa shape index (κ1) is 14.1. The van der Waals surface area contributed by atoms with Gasteiger partial charge in [0, 0.05) is 17.7 Å². The largest absolute Gasteiger partial charge is 0.355 e. The number of carbonyl (C=O) groups is 1. The Morgan fingerprint density at radius 1 is 1.31 bits per heavy atom. The van der Waals surface area contributed by atoms with E-state index in [0.29, 0.717) is 5.25 Å². The van der Waals surface area contributed by atoms with E-state index in [0.717, 1.165) is 32.5 Å². The van der Waals surface area contributed by atoms with Gasteiger partial charge in [0.25, 0.3) is 0 Å². The highest BCUT2D eigenvalue weighted by atomic mass is 35.5. The van der Waals surface area contributed by atoms with Crippen molar-refractivity contribution in [3.8, 4) is 0 Å². The Kier molecular flexibility index (Phi) is 6.54. The Hall–Kier alpha value is 0.0700. The first-order valence-electron chi connectivity index (χ1n) is 5.96. The highest BCUT2D eigenvalue weighted by molar-refractivity contribution is 8.00. The molecular weight excluding hydrogens is 244 g/mol. The fourth-order valence-electron chi connectivity index (χ4n) is 2.25. The van der Waals surface area contributed by atoms with Gasteiger partial charge < -0.3 is 10.6 Å². The van der Waals surface area contributed by atoms with Gasteiger partial charge in [0.1, 0.15) is 0 Å². The van der Waals surface area contributed by atoms with E-state index in [1.807, 2.05) is 11.8 Å². The van der Waals surface area contributed by atoms with Crippen LogP contribution in [0.2, 0.25) is 0 Å². The molecule has 2 rings (SSSR count). The molecule has 0 saturated carbocycles. The molecule has 1 amide bonds. The van der Waals surface area contributed by atoms with E-state index in [9.17, 15) is 4.79 Å². The summed E-state index contributed by atoms with van der Waals surface area (Å²) in [7, 11) is 0. The van der Waals surface area contributed by atoms with Crippen LogP contribution in [-0.4, -0.2) is 36.5 Å². The highest BCUT2D eigenvalue weighted by Gasteiger charge is 2.22. The normalized spacial score (nSPS) is 26.1. The second-order valence-electron chi connectivity index (χ2n) is 4.40. The van der Waals surface area contributed by atoms with Crippen LogP contribution in [0.1, 0.15) is 25.7 Å². The van der Waals surface area contributed by atoms with Crippen LogP contribution < -0.4 is 10.6 Å². The van der Waals surface area contributed by atoms with Crippen LogP contribution in [0.5, 0.6) is 0 Å². The predicted octanol–water partition coefficient (Wildman–Crippen LogP) is 1.42. The fraction of sp³-hybridized carbons (Fsp3) is 0.909. The Morgan fingerprint density at radius 3 is 2.69 bits per heavy atom. The van der Waals surface area contributed by atoms with E-state index in [-0.39, 0.29) is 24.2 Å². The Bertz CT molecular complexity index is 216. The summed E-state index contributed by atoms with van der Waals surface area (Å²) in [5.74, 6) is 1.81. The number of nitrogens with one attached hydrogen (secondary N) is 2. The lowest BCUT2D eigenvalue weighted by molar-refractivity contribution is -0.125. The van der Waals surface area contributed by atoms with Gasteiger partial charge in [-0.25, -0.2) is 0 Å². The third-order valence-corrected chi connectivity index (χ3v) is 4.64. The van der Waals surface area contributed by atoms with Crippen molar-refractivity contribution in [3.63, 3.8) is 0 Å². The van der Waals surface area contributed by atoms with Crippen molar-refractivity contribution in [2.24, 2.45) is 5.92 Å². The van der Waals surface area contributed by atoms with Gasteiger partial charge >= 0.3 is 0 Å². The van der Waals surface area contributed by atoms with Crippen LogP contribution in [-0.2, 0) is 4.79 Å². The van der Waals surface area contributed by atoms with Crippen molar-refractivity contribution >= 4 is 30.1 Å². The number of rotatable bonds is 3. The maximum atomic E-state index is 11.8. The maximum absolute atomic E-state index is 11.8. The Balaban J connectivity index is 0.00000128. The van der Waals surface area contributed by atoms with Crippen LogP contribution in [0.4, 0.5) is 0 Å². The summed E-state index contributed by atoms with van der Waals surface area (Å²) in [6.45, 7) is 2.87. The van der Waals surface area contributed by atoms with Gasteiger partial charge in [-0.2, -0.15) is 11.8 Å². The van der Waals surface area contributed by atoms with Crippen LogP contribution in [0.25, 0.3) is 0 Å². The lowest BCUT2D eigenvalue weighted by atomic mass is 9.97. The zero-order chi connectivity index (χ0) is 10.5. The summed E-state index contributed by atoms with van der Waals surface area (Å²) in [4.78, 5) is 11.8. The van der Waals surface area contributed by atoms with Gasteiger partial charge in [-0.3, -0.25) is 4.79 Å². The summed E-state index contributed by atoms with van der Waals surface area (Å²) in [5, 5.41) is 7.07. The average molecular weight is 265 g/mol. The topological polar surface area (TPSA) is 41.1 Å². The Morgan fingerprint density at radius 2 is 2.06 bits per heavy atom. The molecule has 2 fully saturated rings.